The lowest BCUT2D eigenvalue weighted by Crippen LogP contribution is -2.39. The van der Waals surface area contributed by atoms with E-state index in [-0.39, 0.29) is 29.4 Å². The quantitative estimate of drug-likeness (QED) is 0.521. The zero-order valence-corrected chi connectivity index (χ0v) is 24.3. The summed E-state index contributed by atoms with van der Waals surface area (Å²) in [5.74, 6) is 0.837. The molecule has 0 spiro atoms. The molecule has 5 heterocycles. The summed E-state index contributed by atoms with van der Waals surface area (Å²) >= 11 is 6.30. The Bertz CT molecular complexity index is 1360. The number of imide groups is 1. The van der Waals surface area contributed by atoms with Crippen molar-refractivity contribution >= 4 is 47.0 Å². The molecule has 0 saturated carbocycles. The van der Waals surface area contributed by atoms with E-state index in [2.05, 4.69) is 20.2 Å². The molecule has 0 aromatic carbocycles. The zero-order chi connectivity index (χ0) is 29.0. The second-order valence-electron chi connectivity index (χ2n) is 12.3. The summed E-state index contributed by atoms with van der Waals surface area (Å²) in [4.78, 5) is 56.8. The van der Waals surface area contributed by atoms with Crippen LogP contribution in [0, 0.1) is 5.92 Å². The van der Waals surface area contributed by atoms with Crippen LogP contribution in [-0.4, -0.2) is 79.7 Å². The maximum atomic E-state index is 13.3. The molecule has 0 bridgehead atoms. The lowest BCUT2D eigenvalue weighted by atomic mass is 10.1. The molecule has 2 saturated heterocycles. The van der Waals surface area contributed by atoms with E-state index in [1.165, 1.54) is 6.20 Å². The molecule has 5 rings (SSSR count). The van der Waals surface area contributed by atoms with Crippen LogP contribution in [0.15, 0.2) is 18.6 Å². The van der Waals surface area contributed by atoms with Gasteiger partial charge in [-0.2, -0.15) is 0 Å². The largest absolute Gasteiger partial charge is 0.444 e. The topological polar surface area (TPSA) is 130 Å². The Morgan fingerprint density at radius 3 is 2.42 bits per heavy atom. The number of carbonyl (C=O) groups excluding carboxylic acids is 3. The first-order valence-corrected chi connectivity index (χ1v) is 13.6. The van der Waals surface area contributed by atoms with Crippen molar-refractivity contribution in [3.05, 3.63) is 34.9 Å². The summed E-state index contributed by atoms with van der Waals surface area (Å²) in [6.45, 7) is 12.7. The Hall–Kier alpha value is -3.67. The van der Waals surface area contributed by atoms with Gasteiger partial charge in [-0.05, 0) is 48.0 Å². The molecule has 2 unspecified atom stereocenters. The zero-order valence-electron chi connectivity index (χ0n) is 23.5. The van der Waals surface area contributed by atoms with Crippen LogP contribution >= 0.6 is 11.6 Å². The van der Waals surface area contributed by atoms with Gasteiger partial charge in [-0.25, -0.2) is 24.5 Å². The molecule has 0 aliphatic carbocycles. The Morgan fingerprint density at radius 2 is 1.73 bits per heavy atom. The van der Waals surface area contributed by atoms with E-state index in [1.807, 2.05) is 20.8 Å². The van der Waals surface area contributed by atoms with E-state index in [1.54, 1.807) is 38.1 Å². The molecule has 3 amide bonds. The van der Waals surface area contributed by atoms with E-state index >= 15 is 0 Å². The van der Waals surface area contributed by atoms with Gasteiger partial charge in [0, 0.05) is 31.1 Å². The van der Waals surface area contributed by atoms with Gasteiger partial charge in [0.2, 0.25) is 0 Å². The number of likely N-dealkylation sites (tertiary alicyclic amines) is 1. The number of aromatic nitrogens is 3. The lowest BCUT2D eigenvalue weighted by Gasteiger charge is -2.27. The molecule has 2 atom stereocenters. The van der Waals surface area contributed by atoms with E-state index in [9.17, 15) is 14.4 Å². The Labute approximate surface area is 238 Å². The molecule has 13 heteroatoms. The number of hydrogen-bond donors (Lipinski definition) is 1. The van der Waals surface area contributed by atoms with Crippen LogP contribution in [0.2, 0.25) is 5.15 Å². The predicted molar refractivity (Wildman–Crippen MR) is 148 cm³/mol. The van der Waals surface area contributed by atoms with Crippen molar-refractivity contribution in [2.75, 3.05) is 29.9 Å². The van der Waals surface area contributed by atoms with E-state index in [0.717, 1.165) is 17.9 Å². The fourth-order valence-corrected chi connectivity index (χ4v) is 5.46. The molecular formula is C27H34ClN7O5. The average molecular weight is 572 g/mol. The highest BCUT2D eigenvalue weighted by molar-refractivity contribution is 6.31. The number of nitrogens with one attached hydrogen (secondary N) is 1. The van der Waals surface area contributed by atoms with Gasteiger partial charge in [0.25, 0.3) is 5.91 Å². The van der Waals surface area contributed by atoms with Crippen LogP contribution in [0.25, 0.3) is 0 Å². The van der Waals surface area contributed by atoms with Gasteiger partial charge in [-0.3, -0.25) is 9.78 Å². The summed E-state index contributed by atoms with van der Waals surface area (Å²) in [7, 11) is 0. The second kappa shape index (κ2) is 10.1. The summed E-state index contributed by atoms with van der Waals surface area (Å²) in [5, 5.41) is 3.28. The minimum Gasteiger partial charge on any atom is -0.444 e. The Morgan fingerprint density at radius 1 is 1.02 bits per heavy atom. The van der Waals surface area contributed by atoms with E-state index < -0.39 is 23.2 Å². The first-order valence-electron chi connectivity index (χ1n) is 13.3. The van der Waals surface area contributed by atoms with Crippen LogP contribution in [0.3, 0.4) is 0 Å². The summed E-state index contributed by atoms with van der Waals surface area (Å²) < 4.78 is 11.0. The highest BCUT2D eigenvalue weighted by atomic mass is 35.5. The van der Waals surface area contributed by atoms with Gasteiger partial charge in [0.15, 0.2) is 5.82 Å². The number of pyridine rings is 1. The minimum atomic E-state index is -0.761. The molecule has 1 N–H and O–H groups in total. The van der Waals surface area contributed by atoms with Crippen molar-refractivity contribution in [1.82, 2.24) is 24.8 Å². The van der Waals surface area contributed by atoms with Gasteiger partial charge >= 0.3 is 12.2 Å². The number of ether oxygens (including phenoxy) is 2. The van der Waals surface area contributed by atoms with Crippen molar-refractivity contribution in [3.8, 4) is 0 Å². The predicted octanol–water partition coefficient (Wildman–Crippen LogP) is 4.61. The van der Waals surface area contributed by atoms with Gasteiger partial charge in [-0.1, -0.05) is 11.6 Å². The fourth-order valence-electron chi connectivity index (χ4n) is 5.26. The summed E-state index contributed by atoms with van der Waals surface area (Å²) in [6, 6.07) is 0.0995. The van der Waals surface area contributed by atoms with Crippen molar-refractivity contribution < 1.29 is 23.9 Å². The SMILES string of the molecule is CC(C)(C)OC(=O)N1CC2CCN(c3cncc(Nc4cnc(Cl)c5c4C(=O)N(C(=O)OC(C)(C)C)C5)n3)C2C1. The van der Waals surface area contributed by atoms with Crippen molar-refractivity contribution in [1.29, 1.82) is 0 Å². The number of hydrogen-bond acceptors (Lipinski definition) is 10. The molecule has 12 nitrogen and oxygen atoms in total. The van der Waals surface area contributed by atoms with Crippen LogP contribution < -0.4 is 10.2 Å². The van der Waals surface area contributed by atoms with E-state index in [0.29, 0.717) is 41.9 Å². The molecule has 2 fully saturated rings. The molecule has 40 heavy (non-hydrogen) atoms. The summed E-state index contributed by atoms with van der Waals surface area (Å²) in [5.41, 5.74) is -0.283. The minimum absolute atomic E-state index is 0.0405. The third kappa shape index (κ3) is 5.63. The average Bonchev–Trinajstić information content (AvgIpc) is 3.52. The highest BCUT2D eigenvalue weighted by Gasteiger charge is 2.44. The normalized spacial score (nSPS) is 20.5. The molecule has 0 radical (unpaired) electrons. The molecule has 3 aliphatic heterocycles. The third-order valence-electron chi connectivity index (χ3n) is 6.89. The smallest absolute Gasteiger partial charge is 0.417 e. The number of carbonyl (C=O) groups is 3. The fraction of sp³-hybridized carbons (Fsp3) is 0.556. The van der Waals surface area contributed by atoms with Gasteiger partial charge < -0.3 is 24.6 Å². The highest BCUT2D eigenvalue weighted by Crippen LogP contribution is 2.37. The first kappa shape index (κ1) is 27.9. The van der Waals surface area contributed by atoms with Crippen molar-refractivity contribution in [2.45, 2.75) is 71.8 Å². The van der Waals surface area contributed by atoms with Crippen LogP contribution in [0.4, 0.5) is 26.9 Å². The number of rotatable bonds is 3. The van der Waals surface area contributed by atoms with Gasteiger partial charge in [0.1, 0.15) is 22.2 Å². The van der Waals surface area contributed by atoms with Crippen LogP contribution in [0.1, 0.15) is 63.9 Å². The summed E-state index contributed by atoms with van der Waals surface area (Å²) in [6.07, 6.45) is 4.53. The second-order valence-corrected chi connectivity index (χ2v) is 12.6. The number of halogens is 1. The standard InChI is InChI=1S/C27H34ClN7O5/c1-26(2,3)39-24(37)33-12-15-7-8-34(18(15)14-33)20-11-29-10-19(32-20)31-17-9-30-22(28)16-13-35(23(36)21(16)17)25(38)40-27(4,5)6/h9-11,15,18H,7-8,12-14H2,1-6H3,(H,31,32). The molecular weight excluding hydrogens is 538 g/mol. The lowest BCUT2D eigenvalue weighted by molar-refractivity contribution is 0.0244. The maximum absolute atomic E-state index is 13.3. The molecule has 2 aromatic rings. The number of amides is 3. The first-order chi connectivity index (χ1) is 18.7. The van der Waals surface area contributed by atoms with E-state index in [4.69, 9.17) is 26.1 Å². The molecule has 214 valence electrons. The number of anilines is 3. The Balaban J connectivity index is 1.33. The number of nitrogens with zero attached hydrogens (tertiary/aromatic N) is 6. The molecule has 3 aliphatic rings. The van der Waals surface area contributed by atoms with Crippen LogP contribution in [0.5, 0.6) is 0 Å². The van der Waals surface area contributed by atoms with Gasteiger partial charge in [-0.15, -0.1) is 0 Å². The number of fused-ring (bicyclic) bond motifs is 2. The third-order valence-corrected chi connectivity index (χ3v) is 7.22. The maximum Gasteiger partial charge on any atom is 0.417 e. The van der Waals surface area contributed by atoms with Gasteiger partial charge in [0.05, 0.1) is 42.4 Å². The monoisotopic (exact) mass is 571 g/mol. The van der Waals surface area contributed by atoms with Crippen molar-refractivity contribution in [2.24, 2.45) is 5.92 Å². The van der Waals surface area contributed by atoms with Crippen molar-refractivity contribution in [3.63, 3.8) is 0 Å². The molecule has 2 aromatic heterocycles. The Kier molecular flexibility index (Phi) is 7.01. The van der Waals surface area contributed by atoms with Crippen LogP contribution in [-0.2, 0) is 16.0 Å².